The molecule has 2 amide bonds. The number of aromatic nitrogens is 1. The lowest BCUT2D eigenvalue weighted by atomic mass is 9.85. The zero-order valence-corrected chi connectivity index (χ0v) is 21.9. The summed E-state index contributed by atoms with van der Waals surface area (Å²) in [6.07, 6.45) is 0.220. The fraction of sp³-hybridized carbons (Fsp3) is 0.538. The van der Waals surface area contributed by atoms with Crippen LogP contribution < -0.4 is 11.1 Å². The molecule has 0 bridgehead atoms. The highest BCUT2D eigenvalue weighted by molar-refractivity contribution is 7.13. The number of thiazole rings is 1. The topological polar surface area (TPSA) is 126 Å². The molecule has 4 N–H and O–H groups in total. The Labute approximate surface area is 210 Å². The van der Waals surface area contributed by atoms with E-state index in [1.165, 1.54) is 4.90 Å². The van der Waals surface area contributed by atoms with Gasteiger partial charge in [0.2, 0.25) is 11.8 Å². The lowest BCUT2D eigenvalue weighted by Crippen LogP contribution is -2.58. The minimum Gasteiger partial charge on any atom is -0.391 e. The average Bonchev–Trinajstić information content (AvgIpc) is 3.40. The van der Waals surface area contributed by atoms with Crippen molar-refractivity contribution in [3.05, 3.63) is 41.0 Å². The number of ketones is 1. The number of benzene rings is 1. The molecule has 0 aliphatic carbocycles. The minimum absolute atomic E-state index is 0.0682. The van der Waals surface area contributed by atoms with Crippen LogP contribution in [0.25, 0.3) is 10.4 Å². The molecule has 1 fully saturated rings. The SMILES string of the molecule is Cc1ncsc1-c1ccc(CCC(=O)[C@@H]2C[C@@H](O)CN2C(=O)[C@@H](NC(=O)[C@H](C)N)C(C)(C)C)cc1. The van der Waals surface area contributed by atoms with E-state index in [1.807, 2.05) is 57.5 Å². The zero-order valence-electron chi connectivity index (χ0n) is 21.1. The van der Waals surface area contributed by atoms with Gasteiger partial charge in [0.25, 0.3) is 0 Å². The number of hydrogen-bond acceptors (Lipinski definition) is 7. The van der Waals surface area contributed by atoms with Crippen molar-refractivity contribution in [1.29, 1.82) is 0 Å². The normalized spacial score (nSPS) is 19.9. The number of carbonyl (C=O) groups is 3. The number of rotatable bonds is 8. The van der Waals surface area contributed by atoms with Crippen molar-refractivity contribution in [2.45, 2.75) is 78.1 Å². The number of hydrogen-bond donors (Lipinski definition) is 3. The highest BCUT2D eigenvalue weighted by Crippen LogP contribution is 2.29. The third-order valence-corrected chi connectivity index (χ3v) is 7.35. The van der Waals surface area contributed by atoms with E-state index in [-0.39, 0.29) is 31.1 Å². The molecule has 8 nitrogen and oxygen atoms in total. The first-order valence-corrected chi connectivity index (χ1v) is 12.8. The van der Waals surface area contributed by atoms with Crippen LogP contribution >= 0.6 is 11.3 Å². The Morgan fingerprint density at radius 1 is 1.26 bits per heavy atom. The highest BCUT2D eigenvalue weighted by Gasteiger charge is 2.44. The monoisotopic (exact) mass is 500 g/mol. The number of aliphatic hydroxyl groups excluding tert-OH is 1. The number of Topliss-reactive ketones (excluding diaryl/α,β-unsaturated/α-hetero) is 1. The van der Waals surface area contributed by atoms with Gasteiger partial charge >= 0.3 is 0 Å². The van der Waals surface area contributed by atoms with Crippen LogP contribution in [0.1, 0.15) is 51.8 Å². The minimum atomic E-state index is -0.857. The van der Waals surface area contributed by atoms with E-state index in [9.17, 15) is 19.5 Å². The van der Waals surface area contributed by atoms with Gasteiger partial charge < -0.3 is 21.1 Å². The summed E-state index contributed by atoms with van der Waals surface area (Å²) in [4.78, 5) is 45.7. The molecule has 35 heavy (non-hydrogen) atoms. The Balaban J connectivity index is 1.68. The fourth-order valence-electron chi connectivity index (χ4n) is 4.29. The summed E-state index contributed by atoms with van der Waals surface area (Å²) in [6, 6.07) is 5.74. The quantitative estimate of drug-likeness (QED) is 0.511. The van der Waals surface area contributed by atoms with E-state index in [0.29, 0.717) is 6.42 Å². The van der Waals surface area contributed by atoms with Crippen molar-refractivity contribution in [2.75, 3.05) is 6.54 Å². The Kier molecular flexibility index (Phi) is 8.46. The largest absolute Gasteiger partial charge is 0.391 e. The second kappa shape index (κ2) is 11.0. The summed E-state index contributed by atoms with van der Waals surface area (Å²) in [5.74, 6) is -0.896. The molecule has 9 heteroatoms. The Morgan fingerprint density at radius 3 is 2.46 bits per heavy atom. The number of carbonyl (C=O) groups excluding carboxylic acids is 3. The van der Waals surface area contributed by atoms with Crippen molar-refractivity contribution in [3.63, 3.8) is 0 Å². The van der Waals surface area contributed by atoms with Crippen molar-refractivity contribution in [3.8, 4) is 10.4 Å². The lowest BCUT2D eigenvalue weighted by Gasteiger charge is -2.35. The van der Waals surface area contributed by atoms with Crippen LogP contribution in [0, 0.1) is 12.3 Å². The van der Waals surface area contributed by atoms with Crippen LogP contribution in [0.4, 0.5) is 0 Å². The summed E-state index contributed by atoms with van der Waals surface area (Å²) < 4.78 is 0. The molecule has 0 radical (unpaired) electrons. The first-order valence-electron chi connectivity index (χ1n) is 11.9. The molecule has 0 saturated carbocycles. The molecule has 1 aliphatic heterocycles. The second-order valence-corrected chi connectivity index (χ2v) is 11.3. The lowest BCUT2D eigenvalue weighted by molar-refractivity contribution is -0.143. The van der Waals surface area contributed by atoms with E-state index in [1.54, 1.807) is 18.3 Å². The molecule has 2 heterocycles. The van der Waals surface area contributed by atoms with Crippen LogP contribution in [-0.4, -0.2) is 63.4 Å². The van der Waals surface area contributed by atoms with E-state index < -0.39 is 35.6 Å². The van der Waals surface area contributed by atoms with Crippen molar-refractivity contribution < 1.29 is 19.5 Å². The van der Waals surface area contributed by atoms with Gasteiger partial charge in [0.1, 0.15) is 6.04 Å². The maximum Gasteiger partial charge on any atom is 0.246 e. The van der Waals surface area contributed by atoms with Gasteiger partial charge in [0, 0.05) is 19.4 Å². The number of nitrogens with zero attached hydrogens (tertiary/aromatic N) is 2. The second-order valence-electron chi connectivity index (χ2n) is 10.4. The zero-order chi connectivity index (χ0) is 25.9. The molecule has 0 spiro atoms. The van der Waals surface area contributed by atoms with Gasteiger partial charge in [-0.25, -0.2) is 4.98 Å². The number of nitrogens with two attached hydrogens (primary N) is 1. The van der Waals surface area contributed by atoms with Crippen molar-refractivity contribution in [2.24, 2.45) is 11.1 Å². The maximum absolute atomic E-state index is 13.5. The number of nitrogens with one attached hydrogen (secondary N) is 1. The van der Waals surface area contributed by atoms with Crippen LogP contribution in [0.2, 0.25) is 0 Å². The summed E-state index contributed by atoms with van der Waals surface area (Å²) in [7, 11) is 0. The van der Waals surface area contributed by atoms with E-state index in [2.05, 4.69) is 10.3 Å². The highest BCUT2D eigenvalue weighted by atomic mass is 32.1. The Morgan fingerprint density at radius 2 is 1.91 bits per heavy atom. The molecule has 0 unspecified atom stereocenters. The first-order chi connectivity index (χ1) is 16.4. The van der Waals surface area contributed by atoms with Gasteiger partial charge in [-0.3, -0.25) is 14.4 Å². The van der Waals surface area contributed by atoms with Crippen molar-refractivity contribution in [1.82, 2.24) is 15.2 Å². The third kappa shape index (κ3) is 6.54. The molecule has 1 saturated heterocycles. The van der Waals surface area contributed by atoms with Crippen LogP contribution in [0.3, 0.4) is 0 Å². The molecule has 1 aromatic heterocycles. The van der Waals surface area contributed by atoms with E-state index in [4.69, 9.17) is 5.73 Å². The van der Waals surface area contributed by atoms with Crippen LogP contribution in [-0.2, 0) is 20.8 Å². The van der Waals surface area contributed by atoms with Gasteiger partial charge in [0.15, 0.2) is 5.78 Å². The number of likely N-dealkylation sites (tertiary alicyclic amines) is 1. The van der Waals surface area contributed by atoms with Gasteiger partial charge in [0.05, 0.1) is 34.3 Å². The maximum atomic E-state index is 13.5. The van der Waals surface area contributed by atoms with Gasteiger partial charge in [-0.15, -0.1) is 11.3 Å². The number of amides is 2. The number of aryl methyl sites for hydroxylation is 2. The fourth-order valence-corrected chi connectivity index (χ4v) is 5.10. The standard InChI is InChI=1S/C26H36N4O4S/c1-15(27)24(33)29-23(26(3,4)5)25(34)30-13-19(31)12-20(30)21(32)11-8-17-6-9-18(10-7-17)22-16(2)28-14-35-22/h6-7,9-10,14-15,19-20,23,31H,8,11-13,27H2,1-5H3,(H,29,33)/t15-,19+,20-,23+/m0/s1. The predicted molar refractivity (Wildman–Crippen MR) is 137 cm³/mol. The van der Waals surface area contributed by atoms with Gasteiger partial charge in [-0.2, -0.15) is 0 Å². The summed E-state index contributed by atoms with van der Waals surface area (Å²) in [5, 5.41) is 13.0. The predicted octanol–water partition coefficient (Wildman–Crippen LogP) is 2.46. The molecular formula is C26H36N4O4S. The van der Waals surface area contributed by atoms with Crippen LogP contribution in [0.15, 0.2) is 29.8 Å². The van der Waals surface area contributed by atoms with Gasteiger partial charge in [-0.05, 0) is 36.8 Å². The summed E-state index contributed by atoms with van der Waals surface area (Å²) in [6.45, 7) is 9.14. The van der Waals surface area contributed by atoms with E-state index in [0.717, 1.165) is 21.7 Å². The number of aliphatic hydroxyl groups is 1. The first kappa shape index (κ1) is 27.0. The Bertz CT molecular complexity index is 1060. The molecular weight excluding hydrogens is 464 g/mol. The molecule has 1 aliphatic rings. The Hall–Kier alpha value is -2.62. The molecule has 1 aromatic carbocycles. The molecule has 190 valence electrons. The van der Waals surface area contributed by atoms with Crippen molar-refractivity contribution >= 4 is 28.9 Å². The molecule has 3 rings (SSSR count). The van der Waals surface area contributed by atoms with Gasteiger partial charge in [-0.1, -0.05) is 45.0 Å². The smallest absolute Gasteiger partial charge is 0.246 e. The molecule has 4 atom stereocenters. The summed E-state index contributed by atoms with van der Waals surface area (Å²) in [5.41, 5.74) is 10.0. The average molecular weight is 501 g/mol. The van der Waals surface area contributed by atoms with E-state index >= 15 is 0 Å². The number of β-amino-alcohol motifs (C(OH)–C–C–N with tert-alkyl or cyclic N) is 1. The molecule has 2 aromatic rings. The third-order valence-electron chi connectivity index (χ3n) is 6.37. The van der Waals surface area contributed by atoms with Crippen LogP contribution in [0.5, 0.6) is 0 Å². The summed E-state index contributed by atoms with van der Waals surface area (Å²) >= 11 is 1.60.